The molecule has 0 rings (SSSR count). The van der Waals surface area contributed by atoms with Crippen LogP contribution in [0, 0.1) is 0 Å². The van der Waals surface area contributed by atoms with E-state index in [0.29, 0.717) is 12.8 Å². The molecule has 0 aromatic carbocycles. The van der Waals surface area contributed by atoms with Crippen LogP contribution in [0.25, 0.3) is 0 Å². The molecule has 1 atom stereocenters. The summed E-state index contributed by atoms with van der Waals surface area (Å²) < 4.78 is 29.5. The van der Waals surface area contributed by atoms with Crippen molar-refractivity contribution in [1.29, 1.82) is 0 Å². The number of amides is 1. The van der Waals surface area contributed by atoms with Crippen LogP contribution in [0.1, 0.15) is 124 Å². The average molecular weight is 446 g/mol. The first kappa shape index (κ1) is 29.1. The minimum atomic E-state index is -3.66. The van der Waals surface area contributed by atoms with Gasteiger partial charge in [0, 0.05) is 0 Å². The van der Waals surface area contributed by atoms with Gasteiger partial charge in [0.15, 0.2) is 5.72 Å². The van der Waals surface area contributed by atoms with E-state index in [1.807, 2.05) is 0 Å². The molecule has 0 aliphatic rings. The van der Waals surface area contributed by atoms with Crippen molar-refractivity contribution in [3.8, 4) is 0 Å². The highest BCUT2D eigenvalue weighted by atomic mass is 32.2. The molecule has 178 valence electrons. The zero-order chi connectivity index (χ0) is 22.7. The summed E-state index contributed by atoms with van der Waals surface area (Å²) in [5, 5.41) is 2.65. The Labute approximate surface area is 186 Å². The summed E-state index contributed by atoms with van der Waals surface area (Å²) >= 11 is 0. The molecule has 0 saturated carbocycles. The van der Waals surface area contributed by atoms with E-state index in [2.05, 4.69) is 18.8 Å². The third kappa shape index (κ3) is 16.9. The Hall–Kier alpha value is -0.880. The molecule has 1 amide bonds. The molecular formula is C24H47NO4S. The van der Waals surface area contributed by atoms with E-state index in [9.17, 15) is 13.2 Å². The second kappa shape index (κ2) is 17.8. The molecule has 30 heavy (non-hydrogen) atoms. The standard InChI is InChI=1S/C24H47NO4S/c1-5-8-9-10-11-12-13-14-15-16-17-18-19-20-21-24(4,25-23(26)7-3)29-30(27,28)22-6-2/h7H,3,5-6,8-22H2,1-2,4H3,(H,25,26). The maximum atomic E-state index is 12.1. The van der Waals surface area contributed by atoms with Gasteiger partial charge in [-0.1, -0.05) is 104 Å². The molecule has 0 heterocycles. The quantitative estimate of drug-likeness (QED) is 0.0931. The predicted octanol–water partition coefficient (Wildman–Crippen LogP) is 6.63. The Balaban J connectivity index is 3.95. The van der Waals surface area contributed by atoms with Gasteiger partial charge in [-0.25, -0.2) is 4.18 Å². The molecule has 0 radical (unpaired) electrons. The van der Waals surface area contributed by atoms with Crippen LogP contribution in [0.4, 0.5) is 0 Å². The summed E-state index contributed by atoms with van der Waals surface area (Å²) in [6, 6.07) is 0. The van der Waals surface area contributed by atoms with Crippen molar-refractivity contribution < 1.29 is 17.4 Å². The number of carbonyl (C=O) groups is 1. The number of carbonyl (C=O) groups excluding carboxylic acids is 1. The van der Waals surface area contributed by atoms with Crippen molar-refractivity contribution in [3.05, 3.63) is 12.7 Å². The lowest BCUT2D eigenvalue weighted by Crippen LogP contribution is -2.49. The van der Waals surface area contributed by atoms with E-state index in [1.165, 1.54) is 70.6 Å². The van der Waals surface area contributed by atoms with Gasteiger partial charge in [0.1, 0.15) is 0 Å². The summed E-state index contributed by atoms with van der Waals surface area (Å²) in [5.74, 6) is -0.472. The van der Waals surface area contributed by atoms with Crippen molar-refractivity contribution in [1.82, 2.24) is 5.32 Å². The lowest BCUT2D eigenvalue weighted by Gasteiger charge is -2.29. The zero-order valence-corrected chi connectivity index (χ0v) is 20.7. The molecule has 6 heteroatoms. The minimum Gasteiger partial charge on any atom is -0.324 e. The first-order valence-electron chi connectivity index (χ1n) is 12.2. The van der Waals surface area contributed by atoms with E-state index in [-0.39, 0.29) is 5.75 Å². The number of unbranched alkanes of at least 4 members (excludes halogenated alkanes) is 13. The van der Waals surface area contributed by atoms with E-state index < -0.39 is 21.8 Å². The summed E-state index contributed by atoms with van der Waals surface area (Å²) in [5.41, 5.74) is -1.21. The lowest BCUT2D eigenvalue weighted by atomic mass is 10.0. The zero-order valence-electron chi connectivity index (χ0n) is 19.8. The maximum absolute atomic E-state index is 12.1. The van der Waals surface area contributed by atoms with Crippen LogP contribution < -0.4 is 5.32 Å². The van der Waals surface area contributed by atoms with Crippen LogP contribution in [0.15, 0.2) is 12.7 Å². The normalized spacial score (nSPS) is 13.7. The molecule has 0 aromatic rings. The highest BCUT2D eigenvalue weighted by molar-refractivity contribution is 7.86. The molecule has 0 saturated heterocycles. The van der Waals surface area contributed by atoms with Gasteiger partial charge < -0.3 is 5.32 Å². The number of nitrogens with one attached hydrogen (secondary N) is 1. The van der Waals surface area contributed by atoms with Crippen LogP contribution in [0.2, 0.25) is 0 Å². The lowest BCUT2D eigenvalue weighted by molar-refractivity contribution is -0.121. The fraction of sp³-hybridized carbons (Fsp3) is 0.875. The highest BCUT2D eigenvalue weighted by Gasteiger charge is 2.32. The molecule has 0 aliphatic heterocycles. The first-order chi connectivity index (χ1) is 14.3. The molecule has 0 bridgehead atoms. The summed E-state index contributed by atoms with van der Waals surface area (Å²) in [7, 11) is -3.66. The number of hydrogen-bond acceptors (Lipinski definition) is 4. The largest absolute Gasteiger partial charge is 0.324 e. The second-order valence-corrected chi connectivity index (χ2v) is 10.3. The number of hydrogen-bond donors (Lipinski definition) is 1. The third-order valence-corrected chi connectivity index (χ3v) is 6.88. The molecule has 0 fully saturated rings. The Bertz CT molecular complexity index is 547. The molecule has 0 aliphatic carbocycles. The number of rotatable bonds is 21. The Morgan fingerprint density at radius 1 is 0.833 bits per heavy atom. The van der Waals surface area contributed by atoms with Gasteiger partial charge in [-0.05, 0) is 32.3 Å². The monoisotopic (exact) mass is 445 g/mol. The summed E-state index contributed by atoms with van der Waals surface area (Å²) in [6.45, 7) is 9.10. The van der Waals surface area contributed by atoms with Gasteiger partial charge >= 0.3 is 0 Å². The van der Waals surface area contributed by atoms with Gasteiger partial charge in [0.2, 0.25) is 5.91 Å². The Morgan fingerprint density at radius 2 is 1.27 bits per heavy atom. The summed E-state index contributed by atoms with van der Waals surface area (Å²) in [6.07, 6.45) is 19.7. The van der Waals surface area contributed by atoms with E-state index >= 15 is 0 Å². The molecule has 1 N–H and O–H groups in total. The van der Waals surface area contributed by atoms with Gasteiger partial charge in [-0.2, -0.15) is 8.42 Å². The van der Waals surface area contributed by atoms with Gasteiger partial charge in [0.25, 0.3) is 10.1 Å². The van der Waals surface area contributed by atoms with Crippen LogP contribution in [0.5, 0.6) is 0 Å². The first-order valence-corrected chi connectivity index (χ1v) is 13.7. The van der Waals surface area contributed by atoms with E-state index in [0.717, 1.165) is 25.3 Å². The van der Waals surface area contributed by atoms with Gasteiger partial charge in [-0.15, -0.1) is 0 Å². The van der Waals surface area contributed by atoms with Crippen LogP contribution in [0.3, 0.4) is 0 Å². The van der Waals surface area contributed by atoms with Crippen LogP contribution in [-0.4, -0.2) is 25.8 Å². The molecule has 0 aromatic heterocycles. The molecule has 5 nitrogen and oxygen atoms in total. The van der Waals surface area contributed by atoms with Crippen molar-refractivity contribution in [2.75, 3.05) is 5.75 Å². The maximum Gasteiger partial charge on any atom is 0.269 e. The smallest absolute Gasteiger partial charge is 0.269 e. The Morgan fingerprint density at radius 3 is 1.67 bits per heavy atom. The van der Waals surface area contributed by atoms with Crippen molar-refractivity contribution in [3.63, 3.8) is 0 Å². The molecular weight excluding hydrogens is 398 g/mol. The van der Waals surface area contributed by atoms with Crippen LogP contribution in [-0.2, 0) is 19.1 Å². The fourth-order valence-electron chi connectivity index (χ4n) is 3.67. The predicted molar refractivity (Wildman–Crippen MR) is 127 cm³/mol. The van der Waals surface area contributed by atoms with E-state index in [1.54, 1.807) is 13.8 Å². The van der Waals surface area contributed by atoms with Gasteiger partial charge in [0.05, 0.1) is 5.75 Å². The van der Waals surface area contributed by atoms with Crippen molar-refractivity contribution >= 4 is 16.0 Å². The van der Waals surface area contributed by atoms with Crippen molar-refractivity contribution in [2.24, 2.45) is 0 Å². The Kier molecular flexibility index (Phi) is 17.2. The van der Waals surface area contributed by atoms with Gasteiger partial charge in [-0.3, -0.25) is 4.79 Å². The molecule has 1 unspecified atom stereocenters. The van der Waals surface area contributed by atoms with Crippen LogP contribution >= 0.6 is 0 Å². The van der Waals surface area contributed by atoms with E-state index in [4.69, 9.17) is 4.18 Å². The SMILES string of the molecule is C=CC(=O)NC(C)(CCCCCCCCCCCCCCCC)OS(=O)(=O)CCC. The fourth-order valence-corrected chi connectivity index (χ4v) is 4.93. The third-order valence-electron chi connectivity index (χ3n) is 5.35. The highest BCUT2D eigenvalue weighted by Crippen LogP contribution is 2.21. The minimum absolute atomic E-state index is 0.0503. The van der Waals surface area contributed by atoms with Crippen molar-refractivity contribution in [2.45, 2.75) is 129 Å². The topological polar surface area (TPSA) is 72.5 Å². The summed E-state index contributed by atoms with van der Waals surface area (Å²) in [4.78, 5) is 11.7. The second-order valence-electron chi connectivity index (χ2n) is 8.62. The molecule has 0 spiro atoms. The average Bonchev–Trinajstić information content (AvgIpc) is 2.67.